The van der Waals surface area contributed by atoms with E-state index in [4.69, 9.17) is 9.15 Å². The largest absolute Gasteiger partial charge is 0.496 e. The van der Waals surface area contributed by atoms with Gasteiger partial charge in [0.1, 0.15) is 5.75 Å². The van der Waals surface area contributed by atoms with E-state index in [-0.39, 0.29) is 17.2 Å². The SMILES string of the molecule is COc1ccccc1-c1nnc(SCC(=O)NC(C)(C)C)o1. The summed E-state index contributed by atoms with van der Waals surface area (Å²) in [6, 6.07) is 7.40. The maximum atomic E-state index is 11.8. The number of methoxy groups -OCH3 is 1. The number of aromatic nitrogens is 2. The zero-order valence-electron chi connectivity index (χ0n) is 13.0. The van der Waals surface area contributed by atoms with Gasteiger partial charge in [-0.2, -0.15) is 0 Å². The van der Waals surface area contributed by atoms with Gasteiger partial charge in [0.25, 0.3) is 11.1 Å². The van der Waals surface area contributed by atoms with Crippen molar-refractivity contribution in [3.05, 3.63) is 24.3 Å². The predicted octanol–water partition coefficient (Wildman–Crippen LogP) is 2.75. The van der Waals surface area contributed by atoms with Crippen molar-refractivity contribution in [3.8, 4) is 17.2 Å². The standard InChI is InChI=1S/C15H19N3O3S/c1-15(2,3)16-12(19)9-22-14-18-17-13(21-14)10-7-5-6-8-11(10)20-4/h5-8H,9H2,1-4H3,(H,16,19). The predicted molar refractivity (Wildman–Crippen MR) is 84.9 cm³/mol. The van der Waals surface area contributed by atoms with Crippen molar-refractivity contribution in [1.29, 1.82) is 0 Å². The number of carbonyl (C=O) groups excluding carboxylic acids is 1. The van der Waals surface area contributed by atoms with Crippen LogP contribution in [0.25, 0.3) is 11.5 Å². The average Bonchev–Trinajstić information content (AvgIpc) is 2.92. The molecule has 0 saturated heterocycles. The Hall–Kier alpha value is -2.02. The molecule has 7 heteroatoms. The highest BCUT2D eigenvalue weighted by Crippen LogP contribution is 2.30. The molecule has 6 nitrogen and oxygen atoms in total. The van der Waals surface area contributed by atoms with Crippen LogP contribution in [0.4, 0.5) is 0 Å². The molecule has 0 spiro atoms. The smallest absolute Gasteiger partial charge is 0.277 e. The van der Waals surface area contributed by atoms with Gasteiger partial charge in [-0.05, 0) is 32.9 Å². The van der Waals surface area contributed by atoms with Gasteiger partial charge < -0.3 is 14.5 Å². The molecular formula is C15H19N3O3S. The summed E-state index contributed by atoms with van der Waals surface area (Å²) in [5, 5.41) is 11.2. The number of nitrogens with zero attached hydrogens (tertiary/aromatic N) is 2. The second-order valence-corrected chi connectivity index (χ2v) is 6.59. The van der Waals surface area contributed by atoms with Crippen LogP contribution in [0, 0.1) is 0 Å². The fourth-order valence-electron chi connectivity index (χ4n) is 1.78. The summed E-state index contributed by atoms with van der Waals surface area (Å²) in [6.07, 6.45) is 0. The second-order valence-electron chi connectivity index (χ2n) is 5.66. The second kappa shape index (κ2) is 6.83. The van der Waals surface area contributed by atoms with Crippen molar-refractivity contribution >= 4 is 17.7 Å². The van der Waals surface area contributed by atoms with Gasteiger partial charge in [0.2, 0.25) is 5.91 Å². The molecule has 1 N–H and O–H groups in total. The Morgan fingerprint density at radius 2 is 2.05 bits per heavy atom. The Bertz CT molecular complexity index is 649. The third-order valence-electron chi connectivity index (χ3n) is 2.58. The highest BCUT2D eigenvalue weighted by Gasteiger charge is 2.17. The number of ether oxygens (including phenoxy) is 1. The van der Waals surface area contributed by atoms with Gasteiger partial charge in [-0.1, -0.05) is 23.9 Å². The molecule has 2 rings (SSSR count). The molecule has 0 fully saturated rings. The Morgan fingerprint density at radius 3 is 2.73 bits per heavy atom. The van der Waals surface area contributed by atoms with Crippen LogP contribution < -0.4 is 10.1 Å². The lowest BCUT2D eigenvalue weighted by atomic mass is 10.1. The van der Waals surface area contributed by atoms with Crippen LogP contribution in [0.5, 0.6) is 5.75 Å². The summed E-state index contributed by atoms with van der Waals surface area (Å²) >= 11 is 1.21. The molecule has 0 bridgehead atoms. The zero-order valence-corrected chi connectivity index (χ0v) is 13.9. The van der Waals surface area contributed by atoms with Gasteiger partial charge >= 0.3 is 0 Å². The first-order valence-corrected chi connectivity index (χ1v) is 7.78. The maximum Gasteiger partial charge on any atom is 0.277 e. The molecule has 0 radical (unpaired) electrons. The fraction of sp³-hybridized carbons (Fsp3) is 0.400. The van der Waals surface area contributed by atoms with Gasteiger partial charge in [0.05, 0.1) is 18.4 Å². The number of hydrogen-bond donors (Lipinski definition) is 1. The molecule has 22 heavy (non-hydrogen) atoms. The zero-order chi connectivity index (χ0) is 16.2. The lowest BCUT2D eigenvalue weighted by Gasteiger charge is -2.19. The van der Waals surface area contributed by atoms with Crippen LogP contribution in [-0.4, -0.2) is 34.5 Å². The summed E-state index contributed by atoms with van der Waals surface area (Å²) in [7, 11) is 1.59. The van der Waals surface area contributed by atoms with E-state index in [0.29, 0.717) is 16.9 Å². The summed E-state index contributed by atoms with van der Waals surface area (Å²) in [5.74, 6) is 1.18. The van der Waals surface area contributed by atoms with Crippen LogP contribution in [0.3, 0.4) is 0 Å². The summed E-state index contributed by atoms with van der Waals surface area (Å²) in [6.45, 7) is 5.80. The van der Waals surface area contributed by atoms with E-state index in [2.05, 4.69) is 15.5 Å². The first kappa shape index (κ1) is 16.4. The molecule has 0 aliphatic heterocycles. The van der Waals surface area contributed by atoms with E-state index >= 15 is 0 Å². The molecular weight excluding hydrogens is 302 g/mol. The monoisotopic (exact) mass is 321 g/mol. The Balaban J connectivity index is 2.02. The van der Waals surface area contributed by atoms with Crippen molar-refractivity contribution < 1.29 is 13.9 Å². The molecule has 0 aliphatic rings. The Labute approximate surface area is 133 Å². The van der Waals surface area contributed by atoms with Crippen molar-refractivity contribution in [2.75, 3.05) is 12.9 Å². The summed E-state index contributed by atoms with van der Waals surface area (Å²) in [5.41, 5.74) is 0.471. The molecule has 1 heterocycles. The molecule has 0 aliphatic carbocycles. The number of thioether (sulfide) groups is 1. The minimum atomic E-state index is -0.255. The third kappa shape index (κ3) is 4.49. The fourth-order valence-corrected chi connectivity index (χ4v) is 2.34. The van der Waals surface area contributed by atoms with E-state index in [1.54, 1.807) is 7.11 Å². The lowest BCUT2D eigenvalue weighted by molar-refractivity contribution is -0.119. The van der Waals surface area contributed by atoms with Gasteiger partial charge in [-0.15, -0.1) is 10.2 Å². The molecule has 1 aromatic carbocycles. The number of carbonyl (C=O) groups is 1. The van der Waals surface area contributed by atoms with Gasteiger partial charge in [0.15, 0.2) is 0 Å². The minimum absolute atomic E-state index is 0.0745. The normalized spacial score (nSPS) is 11.3. The summed E-state index contributed by atoms with van der Waals surface area (Å²) < 4.78 is 10.8. The van der Waals surface area contributed by atoms with Crippen LogP contribution in [-0.2, 0) is 4.79 Å². The first-order chi connectivity index (χ1) is 10.4. The van der Waals surface area contributed by atoms with Crippen molar-refractivity contribution in [2.24, 2.45) is 0 Å². The van der Waals surface area contributed by atoms with E-state index in [1.807, 2.05) is 45.0 Å². The topological polar surface area (TPSA) is 77.2 Å². The molecule has 118 valence electrons. The molecule has 1 aromatic heterocycles. The number of amides is 1. The van der Waals surface area contributed by atoms with E-state index < -0.39 is 0 Å². The van der Waals surface area contributed by atoms with Crippen molar-refractivity contribution in [2.45, 2.75) is 31.5 Å². The van der Waals surface area contributed by atoms with E-state index in [1.165, 1.54) is 11.8 Å². The number of nitrogens with one attached hydrogen (secondary N) is 1. The minimum Gasteiger partial charge on any atom is -0.496 e. The van der Waals surface area contributed by atoms with Crippen molar-refractivity contribution in [1.82, 2.24) is 15.5 Å². The van der Waals surface area contributed by atoms with E-state index in [0.717, 1.165) is 5.56 Å². The van der Waals surface area contributed by atoms with Crippen LogP contribution >= 0.6 is 11.8 Å². The lowest BCUT2D eigenvalue weighted by Crippen LogP contribution is -2.41. The summed E-state index contributed by atoms with van der Waals surface area (Å²) in [4.78, 5) is 11.8. The maximum absolute atomic E-state index is 11.8. The number of hydrogen-bond acceptors (Lipinski definition) is 6. The van der Waals surface area contributed by atoms with Gasteiger partial charge in [-0.25, -0.2) is 0 Å². The Morgan fingerprint density at radius 1 is 1.32 bits per heavy atom. The van der Waals surface area contributed by atoms with Gasteiger partial charge in [-0.3, -0.25) is 4.79 Å². The Kier molecular flexibility index (Phi) is 5.07. The van der Waals surface area contributed by atoms with Crippen LogP contribution in [0.1, 0.15) is 20.8 Å². The molecule has 1 amide bonds. The number of rotatable bonds is 5. The van der Waals surface area contributed by atoms with E-state index in [9.17, 15) is 4.79 Å². The highest BCUT2D eigenvalue weighted by atomic mass is 32.2. The highest BCUT2D eigenvalue weighted by molar-refractivity contribution is 7.99. The average molecular weight is 321 g/mol. The molecule has 0 atom stereocenters. The van der Waals surface area contributed by atoms with Crippen LogP contribution in [0.15, 0.2) is 33.9 Å². The molecule has 0 saturated carbocycles. The number of para-hydroxylation sites is 1. The van der Waals surface area contributed by atoms with Crippen LogP contribution in [0.2, 0.25) is 0 Å². The van der Waals surface area contributed by atoms with Crippen molar-refractivity contribution in [3.63, 3.8) is 0 Å². The molecule has 0 unspecified atom stereocenters. The first-order valence-electron chi connectivity index (χ1n) is 6.80. The number of benzene rings is 1. The van der Waals surface area contributed by atoms with Gasteiger partial charge in [0, 0.05) is 5.54 Å². The quantitative estimate of drug-likeness (QED) is 0.853. The molecule has 2 aromatic rings. The third-order valence-corrected chi connectivity index (χ3v) is 3.40.